The first-order valence-corrected chi connectivity index (χ1v) is 3.83. The predicted molar refractivity (Wildman–Crippen MR) is 48.9 cm³/mol. The minimum absolute atomic E-state index is 0.197. The average Bonchev–Trinajstić information content (AvgIpc) is 2.17. The van der Waals surface area contributed by atoms with E-state index in [2.05, 4.69) is 9.97 Å². The number of methoxy groups -OCH3 is 1. The van der Waals surface area contributed by atoms with Gasteiger partial charge in [0.2, 0.25) is 0 Å². The van der Waals surface area contributed by atoms with Gasteiger partial charge in [0.1, 0.15) is 5.75 Å². The van der Waals surface area contributed by atoms with Crippen molar-refractivity contribution >= 4 is 11.0 Å². The Kier molecular flexibility index (Phi) is 1.73. The summed E-state index contributed by atoms with van der Waals surface area (Å²) in [7, 11) is 1.59. The summed E-state index contributed by atoms with van der Waals surface area (Å²) >= 11 is 0. The van der Waals surface area contributed by atoms with E-state index >= 15 is 0 Å². The first kappa shape index (κ1) is 7.79. The third-order valence-electron chi connectivity index (χ3n) is 1.78. The lowest BCUT2D eigenvalue weighted by molar-refractivity contribution is 0.415. The van der Waals surface area contributed by atoms with Crippen LogP contribution >= 0.6 is 0 Å². The van der Waals surface area contributed by atoms with Gasteiger partial charge in [0.05, 0.1) is 24.3 Å². The van der Waals surface area contributed by atoms with E-state index in [1.807, 2.05) is 0 Å². The zero-order valence-electron chi connectivity index (χ0n) is 7.07. The fourth-order valence-corrected chi connectivity index (χ4v) is 1.14. The fraction of sp³-hybridized carbons (Fsp3) is 0.111. The van der Waals surface area contributed by atoms with Crippen molar-refractivity contribution in [2.45, 2.75) is 0 Å². The van der Waals surface area contributed by atoms with Gasteiger partial charge in [0.15, 0.2) is 0 Å². The van der Waals surface area contributed by atoms with E-state index < -0.39 is 0 Å². The van der Waals surface area contributed by atoms with Crippen molar-refractivity contribution in [3.63, 3.8) is 0 Å². The number of H-pyrrole nitrogens is 1. The second-order valence-corrected chi connectivity index (χ2v) is 2.63. The molecule has 0 spiro atoms. The lowest BCUT2D eigenvalue weighted by atomic mass is 10.3. The van der Waals surface area contributed by atoms with E-state index in [0.29, 0.717) is 5.52 Å². The molecule has 4 heteroatoms. The van der Waals surface area contributed by atoms with Crippen molar-refractivity contribution in [1.29, 1.82) is 0 Å². The van der Waals surface area contributed by atoms with Gasteiger partial charge in [-0.1, -0.05) is 0 Å². The van der Waals surface area contributed by atoms with Gasteiger partial charge in [-0.25, -0.2) is 4.98 Å². The van der Waals surface area contributed by atoms with E-state index in [9.17, 15) is 4.79 Å². The minimum atomic E-state index is -0.197. The molecule has 1 N–H and O–H groups in total. The highest BCUT2D eigenvalue weighted by Gasteiger charge is 1.97. The summed E-state index contributed by atoms with van der Waals surface area (Å²) in [5.41, 5.74) is 1.24. The third kappa shape index (κ3) is 1.38. The van der Waals surface area contributed by atoms with Crippen LogP contribution < -0.4 is 10.3 Å². The van der Waals surface area contributed by atoms with Gasteiger partial charge in [-0.2, -0.15) is 0 Å². The number of nitrogens with zero attached hydrogens (tertiary/aromatic N) is 1. The molecule has 2 aromatic rings. The van der Waals surface area contributed by atoms with Crippen molar-refractivity contribution in [2.75, 3.05) is 7.11 Å². The second-order valence-electron chi connectivity index (χ2n) is 2.63. The molecule has 1 heterocycles. The average molecular weight is 176 g/mol. The Morgan fingerprint density at radius 2 is 2.31 bits per heavy atom. The largest absolute Gasteiger partial charge is 0.497 e. The quantitative estimate of drug-likeness (QED) is 0.703. The van der Waals surface area contributed by atoms with Crippen LogP contribution in [0.3, 0.4) is 0 Å². The number of ether oxygens (including phenoxy) is 1. The topological polar surface area (TPSA) is 55.0 Å². The molecule has 1 aromatic heterocycles. The molecule has 66 valence electrons. The molecule has 0 aliphatic heterocycles. The zero-order chi connectivity index (χ0) is 9.26. The van der Waals surface area contributed by atoms with Crippen LogP contribution in [0.25, 0.3) is 11.0 Å². The summed E-state index contributed by atoms with van der Waals surface area (Å²) in [4.78, 5) is 17.5. The van der Waals surface area contributed by atoms with Gasteiger partial charge in [-0.3, -0.25) is 4.79 Å². The summed E-state index contributed by atoms with van der Waals surface area (Å²) in [5.74, 6) is 0.729. The van der Waals surface area contributed by atoms with Crippen LogP contribution in [0.1, 0.15) is 0 Å². The molecule has 4 nitrogen and oxygen atoms in total. The number of benzene rings is 1. The van der Waals surface area contributed by atoms with E-state index in [0.717, 1.165) is 11.3 Å². The van der Waals surface area contributed by atoms with Crippen LogP contribution in [0.2, 0.25) is 0 Å². The summed E-state index contributed by atoms with van der Waals surface area (Å²) in [6.45, 7) is 0. The van der Waals surface area contributed by atoms with Gasteiger partial charge in [-0.15, -0.1) is 0 Å². The molecule has 1 aromatic carbocycles. The molecular weight excluding hydrogens is 168 g/mol. The summed E-state index contributed by atoms with van der Waals surface area (Å²) in [5, 5.41) is 0. The highest BCUT2D eigenvalue weighted by atomic mass is 16.5. The van der Waals surface area contributed by atoms with Gasteiger partial charge < -0.3 is 9.72 Å². The highest BCUT2D eigenvalue weighted by molar-refractivity contribution is 5.75. The molecule has 0 fully saturated rings. The Balaban J connectivity index is 2.73. The molecule has 0 unspecified atom stereocenters. The molecule has 0 amide bonds. The van der Waals surface area contributed by atoms with Gasteiger partial charge in [0.25, 0.3) is 5.56 Å². The Hall–Kier alpha value is -1.84. The monoisotopic (exact) mass is 176 g/mol. The van der Waals surface area contributed by atoms with Crippen molar-refractivity contribution in [1.82, 2.24) is 9.97 Å². The van der Waals surface area contributed by atoms with Gasteiger partial charge in [-0.05, 0) is 12.1 Å². The maximum absolute atomic E-state index is 10.9. The predicted octanol–water partition coefficient (Wildman–Crippen LogP) is 0.932. The van der Waals surface area contributed by atoms with Crippen molar-refractivity contribution < 1.29 is 4.74 Å². The van der Waals surface area contributed by atoms with Crippen molar-refractivity contribution in [3.05, 3.63) is 34.7 Å². The zero-order valence-corrected chi connectivity index (χ0v) is 7.07. The number of aromatic amines is 1. The molecule has 0 radical (unpaired) electrons. The summed E-state index contributed by atoms with van der Waals surface area (Å²) in [6.07, 6.45) is 1.25. The Morgan fingerprint density at radius 3 is 3.08 bits per heavy atom. The Bertz CT molecular complexity index is 490. The SMILES string of the molecule is COc1ccc2[nH]c(=O)cnc2c1. The van der Waals surface area contributed by atoms with E-state index in [1.165, 1.54) is 6.20 Å². The second kappa shape index (κ2) is 2.90. The van der Waals surface area contributed by atoms with Crippen LogP contribution in [0, 0.1) is 0 Å². The van der Waals surface area contributed by atoms with Crippen LogP contribution in [0.4, 0.5) is 0 Å². The van der Waals surface area contributed by atoms with E-state index in [4.69, 9.17) is 4.74 Å². The summed E-state index contributed by atoms with van der Waals surface area (Å²) in [6, 6.07) is 5.31. The van der Waals surface area contributed by atoms with Crippen LogP contribution in [0.5, 0.6) is 5.75 Å². The molecule has 2 rings (SSSR count). The standard InChI is InChI=1S/C9H8N2O2/c1-13-6-2-3-7-8(4-6)10-5-9(12)11-7/h2-5H,1H3,(H,11,12). The number of fused-ring (bicyclic) bond motifs is 1. The maximum Gasteiger partial charge on any atom is 0.266 e. The number of nitrogens with one attached hydrogen (secondary N) is 1. The van der Waals surface area contributed by atoms with Crippen LogP contribution in [-0.4, -0.2) is 17.1 Å². The molecular formula is C9H8N2O2. The molecule has 0 saturated heterocycles. The van der Waals surface area contributed by atoms with Crippen molar-refractivity contribution in [3.8, 4) is 5.75 Å². The molecule has 13 heavy (non-hydrogen) atoms. The van der Waals surface area contributed by atoms with Crippen LogP contribution in [-0.2, 0) is 0 Å². The molecule has 0 aliphatic rings. The third-order valence-corrected chi connectivity index (χ3v) is 1.78. The summed E-state index contributed by atoms with van der Waals surface area (Å²) < 4.78 is 5.02. The lowest BCUT2D eigenvalue weighted by Gasteiger charge is -2.00. The van der Waals surface area contributed by atoms with Gasteiger partial charge in [0, 0.05) is 6.07 Å². The normalized spacial score (nSPS) is 10.2. The first-order chi connectivity index (χ1) is 6.29. The minimum Gasteiger partial charge on any atom is -0.497 e. The molecule has 0 bridgehead atoms. The van der Waals surface area contributed by atoms with Crippen LogP contribution in [0.15, 0.2) is 29.2 Å². The number of hydrogen-bond acceptors (Lipinski definition) is 3. The number of rotatable bonds is 1. The van der Waals surface area contributed by atoms with E-state index in [-0.39, 0.29) is 5.56 Å². The highest BCUT2D eigenvalue weighted by Crippen LogP contribution is 2.15. The molecule has 0 saturated carbocycles. The lowest BCUT2D eigenvalue weighted by Crippen LogP contribution is -2.04. The fourth-order valence-electron chi connectivity index (χ4n) is 1.14. The Labute approximate surface area is 74.2 Å². The van der Waals surface area contributed by atoms with E-state index in [1.54, 1.807) is 25.3 Å². The number of aromatic nitrogens is 2. The molecule has 0 aliphatic carbocycles. The Morgan fingerprint density at radius 1 is 1.46 bits per heavy atom. The smallest absolute Gasteiger partial charge is 0.266 e. The van der Waals surface area contributed by atoms with Crippen molar-refractivity contribution in [2.24, 2.45) is 0 Å². The maximum atomic E-state index is 10.9. The first-order valence-electron chi connectivity index (χ1n) is 3.83. The molecule has 0 atom stereocenters. The number of hydrogen-bond donors (Lipinski definition) is 1. The van der Waals surface area contributed by atoms with Gasteiger partial charge >= 0.3 is 0 Å².